The van der Waals surface area contributed by atoms with Crippen LogP contribution in [0.2, 0.25) is 0 Å². The van der Waals surface area contributed by atoms with Crippen molar-refractivity contribution in [3.05, 3.63) is 50.3 Å². The van der Waals surface area contributed by atoms with Crippen molar-refractivity contribution in [2.45, 2.75) is 44.9 Å². The lowest BCUT2D eigenvalue weighted by Crippen LogP contribution is -2.13. The third kappa shape index (κ3) is 2.95. The zero-order chi connectivity index (χ0) is 15.2. The van der Waals surface area contributed by atoms with E-state index in [-0.39, 0.29) is 11.0 Å². The molecule has 0 spiro atoms. The normalized spacial score (nSPS) is 15.2. The lowest BCUT2D eigenvalue weighted by molar-refractivity contribution is 0.590. The van der Waals surface area contributed by atoms with Gasteiger partial charge in [0, 0.05) is 11.5 Å². The molecule has 1 saturated carbocycles. The largest absolute Gasteiger partial charge is 0.306 e. The molecule has 1 heterocycles. The Labute approximate surface area is 133 Å². The Morgan fingerprint density at radius 3 is 2.33 bits per heavy atom. The second-order valence-corrected chi connectivity index (χ2v) is 7.51. The Kier molecular flexibility index (Phi) is 3.52. The molecule has 0 unspecified atom stereocenters. The molecule has 0 atom stereocenters. The average molecular weight is 347 g/mol. The number of hydrogen-bond acceptors (Lipinski definition) is 2. The van der Waals surface area contributed by atoms with E-state index in [0.717, 1.165) is 24.1 Å². The minimum Gasteiger partial charge on any atom is -0.306 e. The number of halogens is 1. The molecule has 1 aliphatic carbocycles. The fraction of sp³-hybridized carbons (Fsp3) is 0.412. The van der Waals surface area contributed by atoms with E-state index in [4.69, 9.17) is 0 Å². The van der Waals surface area contributed by atoms with Crippen LogP contribution in [0.15, 0.2) is 33.5 Å². The lowest BCUT2D eigenvalue weighted by atomic mass is 9.87. The van der Waals surface area contributed by atoms with Gasteiger partial charge in [0.2, 0.25) is 0 Å². The third-order valence-corrected chi connectivity index (χ3v) is 4.64. The smallest absolute Gasteiger partial charge is 0.265 e. The van der Waals surface area contributed by atoms with E-state index in [2.05, 4.69) is 58.8 Å². The summed E-state index contributed by atoms with van der Waals surface area (Å²) in [5.41, 5.74) is 3.15. The van der Waals surface area contributed by atoms with Crippen LogP contribution in [0.4, 0.5) is 0 Å². The van der Waals surface area contributed by atoms with Crippen LogP contribution in [-0.2, 0) is 5.41 Å². The molecule has 110 valence electrons. The van der Waals surface area contributed by atoms with Crippen LogP contribution in [0.25, 0.3) is 11.4 Å². The molecule has 0 amide bonds. The van der Waals surface area contributed by atoms with Gasteiger partial charge in [-0.05, 0) is 39.8 Å². The molecule has 21 heavy (non-hydrogen) atoms. The van der Waals surface area contributed by atoms with Crippen LogP contribution >= 0.6 is 15.9 Å². The Morgan fingerprint density at radius 1 is 1.19 bits per heavy atom. The summed E-state index contributed by atoms with van der Waals surface area (Å²) in [6.45, 7) is 6.56. The summed E-state index contributed by atoms with van der Waals surface area (Å²) in [4.78, 5) is 19.6. The molecule has 0 saturated heterocycles. The fourth-order valence-electron chi connectivity index (χ4n) is 2.37. The van der Waals surface area contributed by atoms with Crippen molar-refractivity contribution in [3.8, 4) is 11.4 Å². The van der Waals surface area contributed by atoms with Crippen molar-refractivity contribution in [2.24, 2.45) is 0 Å². The standard InChI is InChI=1S/C17H19BrN2O/c1-17(2,3)12-8-6-11(7-9-12)15-19-14(10-4-5-10)13(18)16(21)20-15/h6-10H,4-5H2,1-3H3,(H,19,20,21). The van der Waals surface area contributed by atoms with Gasteiger partial charge < -0.3 is 4.98 Å². The predicted molar refractivity (Wildman–Crippen MR) is 88.7 cm³/mol. The van der Waals surface area contributed by atoms with Crippen molar-refractivity contribution >= 4 is 15.9 Å². The number of hydrogen-bond donors (Lipinski definition) is 1. The van der Waals surface area contributed by atoms with Crippen LogP contribution in [0, 0.1) is 0 Å². The monoisotopic (exact) mass is 346 g/mol. The molecule has 0 bridgehead atoms. The third-order valence-electron chi connectivity index (χ3n) is 3.88. The first-order valence-electron chi connectivity index (χ1n) is 7.27. The van der Waals surface area contributed by atoms with E-state index < -0.39 is 0 Å². The molecule has 3 rings (SSSR count). The number of rotatable bonds is 2. The van der Waals surface area contributed by atoms with Gasteiger partial charge >= 0.3 is 0 Å². The summed E-state index contributed by atoms with van der Waals surface area (Å²) in [6, 6.07) is 8.27. The van der Waals surface area contributed by atoms with Gasteiger partial charge in [-0.25, -0.2) is 4.98 Å². The van der Waals surface area contributed by atoms with E-state index in [1.165, 1.54) is 5.56 Å². The van der Waals surface area contributed by atoms with Crippen LogP contribution in [0.3, 0.4) is 0 Å². The lowest BCUT2D eigenvalue weighted by Gasteiger charge is -2.19. The Bertz CT molecular complexity index is 722. The summed E-state index contributed by atoms with van der Waals surface area (Å²) < 4.78 is 0.583. The maximum Gasteiger partial charge on any atom is 0.265 e. The highest BCUT2D eigenvalue weighted by atomic mass is 79.9. The van der Waals surface area contributed by atoms with E-state index in [1.54, 1.807) is 0 Å². The van der Waals surface area contributed by atoms with Gasteiger partial charge in [-0.15, -0.1) is 0 Å². The molecular formula is C17H19BrN2O. The molecule has 4 heteroatoms. The van der Waals surface area contributed by atoms with Gasteiger partial charge in [0.15, 0.2) is 0 Å². The predicted octanol–water partition coefficient (Wildman–Crippen LogP) is 4.37. The molecule has 0 radical (unpaired) electrons. The highest BCUT2D eigenvalue weighted by Crippen LogP contribution is 2.41. The number of nitrogens with zero attached hydrogens (tertiary/aromatic N) is 1. The van der Waals surface area contributed by atoms with Crippen LogP contribution in [0.5, 0.6) is 0 Å². The van der Waals surface area contributed by atoms with Crippen LogP contribution in [0.1, 0.15) is 50.8 Å². The second kappa shape index (κ2) is 5.09. The molecule has 1 aromatic heterocycles. The van der Waals surface area contributed by atoms with Gasteiger partial charge in [-0.3, -0.25) is 4.79 Å². The van der Waals surface area contributed by atoms with Crippen molar-refractivity contribution in [1.29, 1.82) is 0 Å². The molecule has 3 nitrogen and oxygen atoms in total. The van der Waals surface area contributed by atoms with Crippen LogP contribution < -0.4 is 5.56 Å². The van der Waals surface area contributed by atoms with Gasteiger partial charge in [0.25, 0.3) is 5.56 Å². The molecule has 1 N–H and O–H groups in total. The quantitative estimate of drug-likeness (QED) is 0.877. The summed E-state index contributed by atoms with van der Waals surface area (Å²) in [5.74, 6) is 1.10. The van der Waals surface area contributed by atoms with E-state index in [0.29, 0.717) is 16.2 Å². The number of aromatic nitrogens is 2. The van der Waals surface area contributed by atoms with Gasteiger partial charge in [0.1, 0.15) is 10.3 Å². The molecule has 2 aromatic rings. The fourth-order valence-corrected chi connectivity index (χ4v) is 2.88. The maximum atomic E-state index is 12.0. The Morgan fingerprint density at radius 2 is 1.81 bits per heavy atom. The molecule has 1 aliphatic rings. The highest BCUT2D eigenvalue weighted by Gasteiger charge is 2.29. The summed E-state index contributed by atoms with van der Waals surface area (Å²) >= 11 is 3.36. The van der Waals surface area contributed by atoms with E-state index in [1.807, 2.05) is 12.1 Å². The number of H-pyrrole nitrogens is 1. The summed E-state index contributed by atoms with van der Waals surface area (Å²) in [6.07, 6.45) is 2.24. The van der Waals surface area contributed by atoms with Gasteiger partial charge in [-0.2, -0.15) is 0 Å². The summed E-state index contributed by atoms with van der Waals surface area (Å²) in [7, 11) is 0. The van der Waals surface area contributed by atoms with Crippen molar-refractivity contribution in [2.75, 3.05) is 0 Å². The van der Waals surface area contributed by atoms with Crippen molar-refractivity contribution in [3.63, 3.8) is 0 Å². The van der Waals surface area contributed by atoms with Gasteiger partial charge in [0.05, 0.1) is 5.69 Å². The first-order valence-corrected chi connectivity index (χ1v) is 8.06. The minimum absolute atomic E-state index is 0.0956. The SMILES string of the molecule is CC(C)(C)c1ccc(-c2nc(C3CC3)c(Br)c(=O)[nH]2)cc1. The number of benzene rings is 1. The molecule has 1 aromatic carbocycles. The van der Waals surface area contributed by atoms with E-state index >= 15 is 0 Å². The van der Waals surface area contributed by atoms with E-state index in [9.17, 15) is 4.79 Å². The first-order chi connectivity index (χ1) is 9.86. The Balaban J connectivity index is 2.02. The summed E-state index contributed by atoms with van der Waals surface area (Å²) in [5, 5.41) is 0. The van der Waals surface area contributed by atoms with Crippen molar-refractivity contribution in [1.82, 2.24) is 9.97 Å². The molecular weight excluding hydrogens is 328 g/mol. The zero-order valence-corrected chi connectivity index (χ0v) is 14.1. The minimum atomic E-state index is -0.0956. The zero-order valence-electron chi connectivity index (χ0n) is 12.5. The first kappa shape index (κ1) is 14.5. The number of nitrogens with one attached hydrogen (secondary N) is 1. The van der Waals surface area contributed by atoms with Crippen molar-refractivity contribution < 1.29 is 0 Å². The second-order valence-electron chi connectivity index (χ2n) is 6.72. The van der Waals surface area contributed by atoms with Crippen LogP contribution in [-0.4, -0.2) is 9.97 Å². The maximum absolute atomic E-state index is 12.0. The van der Waals surface area contributed by atoms with Gasteiger partial charge in [-0.1, -0.05) is 45.0 Å². The molecule has 0 aliphatic heterocycles. The molecule has 1 fully saturated rings. The highest BCUT2D eigenvalue weighted by molar-refractivity contribution is 9.10. The topological polar surface area (TPSA) is 45.8 Å². The average Bonchev–Trinajstić information content (AvgIpc) is 3.25. The Hall–Kier alpha value is -1.42. The number of aromatic amines is 1.